The monoisotopic (exact) mass is 1480 g/mol. The van der Waals surface area contributed by atoms with E-state index in [2.05, 4.69) is 55.4 Å². The number of rotatable bonds is 79. The van der Waals surface area contributed by atoms with Gasteiger partial charge in [-0.05, 0) is 49.4 Å². The lowest BCUT2D eigenvalue weighted by Gasteiger charge is -2.21. The summed E-state index contributed by atoms with van der Waals surface area (Å²) < 4.78 is 68.8. The molecule has 19 heteroatoms. The van der Waals surface area contributed by atoms with Crippen molar-refractivity contribution in [1.82, 2.24) is 0 Å². The second kappa shape index (κ2) is 71.0. The fraction of sp³-hybridized carbons (Fsp3) is 0.951. The molecule has 0 saturated carbocycles. The summed E-state index contributed by atoms with van der Waals surface area (Å²) in [7, 11) is -9.92. The maximum Gasteiger partial charge on any atom is 0.472 e. The zero-order valence-corrected chi connectivity index (χ0v) is 68.3. The molecule has 600 valence electrons. The lowest BCUT2D eigenvalue weighted by atomic mass is 9.99. The lowest BCUT2D eigenvalue weighted by molar-refractivity contribution is -0.161. The molecule has 0 bridgehead atoms. The van der Waals surface area contributed by atoms with Gasteiger partial charge >= 0.3 is 39.5 Å². The highest BCUT2D eigenvalue weighted by Gasteiger charge is 2.30. The molecular weight excluding hydrogens is 1320 g/mol. The van der Waals surface area contributed by atoms with E-state index in [9.17, 15) is 43.2 Å². The summed E-state index contributed by atoms with van der Waals surface area (Å²) in [6.45, 7) is 14.3. The topological polar surface area (TPSA) is 237 Å². The van der Waals surface area contributed by atoms with Crippen LogP contribution < -0.4 is 0 Å². The number of esters is 4. The molecule has 0 fully saturated rings. The number of ether oxygens (including phenoxy) is 4. The average molecular weight is 1480 g/mol. The Balaban J connectivity index is 5.25. The summed E-state index contributed by atoms with van der Waals surface area (Å²) in [5, 5.41) is 10.7. The van der Waals surface area contributed by atoms with E-state index in [0.717, 1.165) is 120 Å². The third kappa shape index (κ3) is 73.4. The molecule has 0 aromatic heterocycles. The van der Waals surface area contributed by atoms with Crippen molar-refractivity contribution in [3.05, 3.63) is 0 Å². The molecule has 3 N–H and O–H groups in total. The minimum atomic E-state index is -4.96. The largest absolute Gasteiger partial charge is 0.472 e. The van der Waals surface area contributed by atoms with Crippen molar-refractivity contribution in [2.75, 3.05) is 39.6 Å². The molecule has 0 aliphatic heterocycles. The number of aliphatic hydroxyl groups excluding tert-OH is 1. The fourth-order valence-corrected chi connectivity index (χ4v) is 14.1. The summed E-state index contributed by atoms with van der Waals surface area (Å²) in [5.74, 6) is 1.05. The first-order chi connectivity index (χ1) is 48.7. The quantitative estimate of drug-likeness (QED) is 0.0222. The van der Waals surface area contributed by atoms with Crippen molar-refractivity contribution in [2.45, 2.75) is 440 Å². The molecule has 7 atom stereocenters. The summed E-state index contributed by atoms with van der Waals surface area (Å²) >= 11 is 0. The number of carbonyl (C=O) groups is 4. The van der Waals surface area contributed by atoms with Gasteiger partial charge in [0.1, 0.15) is 19.3 Å². The van der Waals surface area contributed by atoms with Crippen molar-refractivity contribution in [3.8, 4) is 0 Å². The van der Waals surface area contributed by atoms with Crippen molar-refractivity contribution >= 4 is 39.5 Å². The Morgan fingerprint density at radius 3 is 0.703 bits per heavy atom. The predicted octanol–water partition coefficient (Wildman–Crippen LogP) is 24.4. The average Bonchev–Trinajstić information content (AvgIpc) is 0.949. The number of hydrogen-bond donors (Lipinski definition) is 3. The highest BCUT2D eigenvalue weighted by atomic mass is 31.2. The van der Waals surface area contributed by atoms with Crippen LogP contribution in [0.25, 0.3) is 0 Å². The van der Waals surface area contributed by atoms with E-state index in [1.807, 2.05) is 0 Å². The smallest absolute Gasteiger partial charge is 0.462 e. The van der Waals surface area contributed by atoms with E-state index in [0.29, 0.717) is 25.7 Å². The number of carbonyl (C=O) groups excluding carboxylic acids is 4. The van der Waals surface area contributed by atoms with Gasteiger partial charge in [0.15, 0.2) is 12.2 Å². The number of phosphoric acid groups is 2. The first kappa shape index (κ1) is 99.1. The van der Waals surface area contributed by atoms with Crippen molar-refractivity contribution < 1.29 is 80.2 Å². The molecule has 0 radical (unpaired) electrons. The van der Waals surface area contributed by atoms with Crippen molar-refractivity contribution in [2.24, 2.45) is 23.7 Å². The van der Waals surface area contributed by atoms with Crippen LogP contribution in [-0.2, 0) is 65.4 Å². The first-order valence-electron chi connectivity index (χ1n) is 42.3. The molecule has 0 saturated heterocycles. The zero-order chi connectivity index (χ0) is 74.6. The van der Waals surface area contributed by atoms with E-state index in [1.165, 1.54) is 218 Å². The number of phosphoric ester groups is 2. The van der Waals surface area contributed by atoms with Crippen molar-refractivity contribution in [3.63, 3.8) is 0 Å². The van der Waals surface area contributed by atoms with E-state index >= 15 is 0 Å². The lowest BCUT2D eigenvalue weighted by Crippen LogP contribution is -2.30. The van der Waals surface area contributed by atoms with Crippen LogP contribution in [0.3, 0.4) is 0 Å². The number of unbranched alkanes of at least 4 members (excludes halogenated alkanes) is 43. The molecule has 0 spiro atoms. The molecule has 4 unspecified atom stereocenters. The van der Waals surface area contributed by atoms with E-state index < -0.39 is 97.5 Å². The number of hydrogen-bond acceptors (Lipinski definition) is 15. The highest BCUT2D eigenvalue weighted by molar-refractivity contribution is 7.47. The van der Waals surface area contributed by atoms with Gasteiger partial charge in [-0.1, -0.05) is 370 Å². The minimum absolute atomic E-state index is 0.106. The third-order valence-corrected chi connectivity index (χ3v) is 21.7. The van der Waals surface area contributed by atoms with Gasteiger partial charge in [0.2, 0.25) is 0 Å². The van der Waals surface area contributed by atoms with Crippen LogP contribution in [0.2, 0.25) is 0 Å². The molecule has 0 aliphatic rings. The summed E-state index contributed by atoms with van der Waals surface area (Å²) in [6, 6.07) is 0. The SMILES string of the molecule is CCC(C)CCCCCCCCCCCCCCCCC(=O)O[C@H](COC(=O)CCCCCCCCC(C)CC)COP(=O)(O)OC[C@H](O)COP(=O)(O)OC[C@@H](COC(=O)CCCCCCCCCCCCCCCCC(C)C)OC(=O)CCCCCCCCCCCCCCCC(C)C. The van der Waals surface area contributed by atoms with E-state index in [1.54, 1.807) is 0 Å². The standard InChI is InChI=1S/C82H160O17P2/c1-9-74(7)60-52-44-36-30-24-18-12-14-20-26-32-38-48-56-64-82(87)99-78(69-93-80(85)63-55-47-41-40-45-53-61-75(8)10-2)71-97-101(90,91)95-67-76(83)66-94-100(88,89)96-70-77(98-81(86)65-57-49-39-33-27-21-15-17-23-29-35-43-51-59-73(5)6)68-92-79(84)62-54-46-37-31-25-19-13-11-16-22-28-34-42-50-58-72(3)4/h72-78,83H,9-71H2,1-8H3,(H,88,89)(H,90,91)/t74?,75?,76-,77-,78-/m1/s1. The molecule has 0 aliphatic carbocycles. The molecule has 0 amide bonds. The molecule has 17 nitrogen and oxygen atoms in total. The summed E-state index contributed by atoms with van der Waals surface area (Å²) in [6.07, 6.45) is 58.2. The van der Waals surface area contributed by atoms with Crippen molar-refractivity contribution in [1.29, 1.82) is 0 Å². The Kier molecular flexibility index (Phi) is 69.6. The van der Waals surface area contributed by atoms with E-state index in [-0.39, 0.29) is 25.7 Å². The van der Waals surface area contributed by atoms with Gasteiger partial charge in [-0.25, -0.2) is 9.13 Å². The molecule has 101 heavy (non-hydrogen) atoms. The first-order valence-corrected chi connectivity index (χ1v) is 45.3. The third-order valence-electron chi connectivity index (χ3n) is 19.8. The maximum absolute atomic E-state index is 13.1. The Bertz CT molecular complexity index is 1980. The van der Waals surface area contributed by atoms with Gasteiger partial charge < -0.3 is 33.8 Å². The van der Waals surface area contributed by atoms with Gasteiger partial charge in [0, 0.05) is 25.7 Å². The molecule has 0 heterocycles. The maximum atomic E-state index is 13.1. The highest BCUT2D eigenvalue weighted by Crippen LogP contribution is 2.45. The van der Waals surface area contributed by atoms with Crippen LogP contribution in [-0.4, -0.2) is 96.7 Å². The molecular formula is C82H160O17P2. The normalized spacial score (nSPS) is 14.5. The van der Waals surface area contributed by atoms with Gasteiger partial charge in [-0.3, -0.25) is 37.3 Å². The van der Waals surface area contributed by atoms with Crippen LogP contribution >= 0.6 is 15.6 Å². The second-order valence-electron chi connectivity index (χ2n) is 31.0. The van der Waals surface area contributed by atoms with Crippen LogP contribution in [0, 0.1) is 23.7 Å². The predicted molar refractivity (Wildman–Crippen MR) is 414 cm³/mol. The Morgan fingerprint density at radius 2 is 0.475 bits per heavy atom. The summed E-state index contributed by atoms with van der Waals surface area (Å²) in [4.78, 5) is 73.1. The summed E-state index contributed by atoms with van der Waals surface area (Å²) in [5.41, 5.74) is 0. The van der Waals surface area contributed by atoms with E-state index in [4.69, 9.17) is 37.0 Å². The van der Waals surface area contributed by atoms with Crippen LogP contribution in [0.15, 0.2) is 0 Å². The molecule has 0 aromatic rings. The minimum Gasteiger partial charge on any atom is -0.462 e. The van der Waals surface area contributed by atoms with Crippen LogP contribution in [0.1, 0.15) is 421 Å². The van der Waals surface area contributed by atoms with Gasteiger partial charge in [-0.15, -0.1) is 0 Å². The number of aliphatic hydroxyl groups is 1. The Hall–Kier alpha value is -1.94. The van der Waals surface area contributed by atoms with Gasteiger partial charge in [0.05, 0.1) is 26.4 Å². The molecule has 0 aromatic carbocycles. The van der Waals surface area contributed by atoms with Crippen LogP contribution in [0.4, 0.5) is 0 Å². The van der Waals surface area contributed by atoms with Gasteiger partial charge in [-0.2, -0.15) is 0 Å². The van der Waals surface area contributed by atoms with Gasteiger partial charge in [0.25, 0.3) is 0 Å². The van der Waals surface area contributed by atoms with Crippen LogP contribution in [0.5, 0.6) is 0 Å². The molecule has 0 rings (SSSR count). The Labute approximate surface area is 619 Å². The second-order valence-corrected chi connectivity index (χ2v) is 33.9. The zero-order valence-electron chi connectivity index (χ0n) is 66.5. The Morgan fingerprint density at radius 1 is 0.277 bits per heavy atom. The fourth-order valence-electron chi connectivity index (χ4n) is 12.5.